The number of nitrogens with two attached hydrogens (primary N) is 1. The van der Waals surface area contributed by atoms with E-state index in [0.29, 0.717) is 6.54 Å². The summed E-state index contributed by atoms with van der Waals surface area (Å²) in [5, 5.41) is 0. The molecule has 0 aromatic carbocycles. The molecule has 1 fully saturated rings. The zero-order valence-electron chi connectivity index (χ0n) is 10.2. The van der Waals surface area contributed by atoms with Gasteiger partial charge in [-0.15, -0.1) is 0 Å². The van der Waals surface area contributed by atoms with Gasteiger partial charge >= 0.3 is 0 Å². The fraction of sp³-hybridized carbons (Fsp3) is 0.615. The van der Waals surface area contributed by atoms with Crippen molar-refractivity contribution in [3.05, 3.63) is 29.6 Å². The molecule has 0 bridgehead atoms. The molecule has 2 heterocycles. The average Bonchev–Trinajstić information content (AvgIpc) is 2.33. The van der Waals surface area contributed by atoms with Gasteiger partial charge in [0.1, 0.15) is 0 Å². The highest BCUT2D eigenvalue weighted by Gasteiger charge is 2.33. The summed E-state index contributed by atoms with van der Waals surface area (Å²) in [5.74, 6) is 0. The number of rotatable bonds is 2. The van der Waals surface area contributed by atoms with Crippen LogP contribution in [0.1, 0.15) is 31.0 Å². The van der Waals surface area contributed by atoms with E-state index in [2.05, 4.69) is 29.9 Å². The SMILES string of the molecule is CN1CCC(C)(c2ncccc2CN)CC1. The van der Waals surface area contributed by atoms with Crippen LogP contribution in [0.4, 0.5) is 0 Å². The molecule has 2 rings (SSSR count). The van der Waals surface area contributed by atoms with Crippen LogP contribution in [0.15, 0.2) is 18.3 Å². The summed E-state index contributed by atoms with van der Waals surface area (Å²) in [4.78, 5) is 6.95. The van der Waals surface area contributed by atoms with Crippen LogP contribution in [0.5, 0.6) is 0 Å². The quantitative estimate of drug-likeness (QED) is 0.820. The van der Waals surface area contributed by atoms with Gasteiger partial charge in [-0.2, -0.15) is 0 Å². The third-order valence-electron chi connectivity index (χ3n) is 3.77. The van der Waals surface area contributed by atoms with Crippen LogP contribution in [-0.4, -0.2) is 30.0 Å². The van der Waals surface area contributed by atoms with Crippen molar-refractivity contribution in [2.75, 3.05) is 20.1 Å². The Hall–Kier alpha value is -0.930. The second kappa shape index (κ2) is 4.52. The first-order valence-electron chi connectivity index (χ1n) is 5.99. The molecule has 1 aromatic rings. The number of hydrogen-bond acceptors (Lipinski definition) is 3. The maximum absolute atomic E-state index is 5.79. The highest BCUT2D eigenvalue weighted by molar-refractivity contribution is 5.27. The summed E-state index contributed by atoms with van der Waals surface area (Å²) in [7, 11) is 2.18. The predicted octanol–water partition coefficient (Wildman–Crippen LogP) is 1.52. The van der Waals surface area contributed by atoms with Gasteiger partial charge in [-0.3, -0.25) is 4.98 Å². The minimum atomic E-state index is 0.211. The van der Waals surface area contributed by atoms with Crippen LogP contribution in [0.3, 0.4) is 0 Å². The van der Waals surface area contributed by atoms with Crippen LogP contribution in [0.25, 0.3) is 0 Å². The van der Waals surface area contributed by atoms with Crippen molar-refractivity contribution < 1.29 is 0 Å². The Labute approximate surface area is 97.7 Å². The average molecular weight is 219 g/mol. The smallest absolute Gasteiger partial charge is 0.0508 e. The van der Waals surface area contributed by atoms with E-state index in [9.17, 15) is 0 Å². The lowest BCUT2D eigenvalue weighted by Crippen LogP contribution is -2.40. The highest BCUT2D eigenvalue weighted by atomic mass is 15.1. The Morgan fingerprint density at radius 2 is 2.12 bits per heavy atom. The van der Waals surface area contributed by atoms with Crippen LogP contribution in [0.2, 0.25) is 0 Å². The highest BCUT2D eigenvalue weighted by Crippen LogP contribution is 2.34. The minimum Gasteiger partial charge on any atom is -0.326 e. The third kappa shape index (κ3) is 2.11. The first-order chi connectivity index (χ1) is 7.65. The molecule has 1 aliphatic heterocycles. The number of likely N-dealkylation sites (tertiary alicyclic amines) is 1. The van der Waals surface area contributed by atoms with Gasteiger partial charge in [0.05, 0.1) is 5.69 Å². The van der Waals surface area contributed by atoms with Crippen molar-refractivity contribution in [2.24, 2.45) is 5.73 Å². The van der Waals surface area contributed by atoms with Gasteiger partial charge in [0, 0.05) is 18.2 Å². The molecule has 0 atom stereocenters. The van der Waals surface area contributed by atoms with Crippen LogP contribution in [-0.2, 0) is 12.0 Å². The molecular weight excluding hydrogens is 198 g/mol. The van der Waals surface area contributed by atoms with Gasteiger partial charge in [0.15, 0.2) is 0 Å². The second-order valence-electron chi connectivity index (χ2n) is 5.08. The molecule has 3 heteroatoms. The first kappa shape index (κ1) is 11.6. The fourth-order valence-electron chi connectivity index (χ4n) is 2.50. The van der Waals surface area contributed by atoms with Gasteiger partial charge in [-0.05, 0) is 44.6 Å². The number of piperidine rings is 1. The van der Waals surface area contributed by atoms with E-state index < -0.39 is 0 Å². The minimum absolute atomic E-state index is 0.211. The normalized spacial score (nSPS) is 20.9. The van der Waals surface area contributed by atoms with Crippen molar-refractivity contribution in [1.29, 1.82) is 0 Å². The molecule has 0 radical (unpaired) electrons. The summed E-state index contributed by atoms with van der Waals surface area (Å²) in [6, 6.07) is 4.08. The lowest BCUT2D eigenvalue weighted by atomic mass is 9.76. The van der Waals surface area contributed by atoms with E-state index in [1.165, 1.54) is 24.1 Å². The van der Waals surface area contributed by atoms with E-state index >= 15 is 0 Å². The maximum atomic E-state index is 5.79. The van der Waals surface area contributed by atoms with Gasteiger partial charge in [-0.25, -0.2) is 0 Å². The van der Waals surface area contributed by atoms with Crippen molar-refractivity contribution in [1.82, 2.24) is 9.88 Å². The van der Waals surface area contributed by atoms with Gasteiger partial charge in [-0.1, -0.05) is 13.0 Å². The van der Waals surface area contributed by atoms with Crippen molar-refractivity contribution in [3.8, 4) is 0 Å². The van der Waals surface area contributed by atoms with Crippen LogP contribution >= 0.6 is 0 Å². The van der Waals surface area contributed by atoms with E-state index in [1.54, 1.807) is 0 Å². The Bertz CT molecular complexity index is 354. The Balaban J connectivity index is 2.28. The van der Waals surface area contributed by atoms with Crippen molar-refractivity contribution in [2.45, 2.75) is 31.7 Å². The fourth-order valence-corrected chi connectivity index (χ4v) is 2.50. The Morgan fingerprint density at radius 3 is 2.75 bits per heavy atom. The molecule has 0 amide bonds. The van der Waals surface area contributed by atoms with E-state index in [4.69, 9.17) is 5.73 Å². The molecule has 0 saturated carbocycles. The van der Waals surface area contributed by atoms with E-state index in [-0.39, 0.29) is 5.41 Å². The molecule has 1 aliphatic rings. The lowest BCUT2D eigenvalue weighted by Gasteiger charge is -2.38. The number of hydrogen-bond donors (Lipinski definition) is 1. The van der Waals surface area contributed by atoms with Crippen LogP contribution < -0.4 is 5.73 Å². The maximum Gasteiger partial charge on any atom is 0.0508 e. The van der Waals surface area contributed by atoms with Gasteiger partial charge in [0.2, 0.25) is 0 Å². The summed E-state index contributed by atoms with van der Waals surface area (Å²) < 4.78 is 0. The molecule has 1 saturated heterocycles. The zero-order chi connectivity index (χ0) is 11.6. The standard InChI is InChI=1S/C13H21N3/c1-13(5-8-16(2)9-6-13)12-11(10-14)4-3-7-15-12/h3-4,7H,5-6,8-10,14H2,1-2H3. The Kier molecular flexibility index (Phi) is 3.26. The monoisotopic (exact) mass is 219 g/mol. The van der Waals surface area contributed by atoms with Crippen LogP contribution in [0, 0.1) is 0 Å². The lowest BCUT2D eigenvalue weighted by molar-refractivity contribution is 0.196. The summed E-state index contributed by atoms with van der Waals surface area (Å²) >= 11 is 0. The second-order valence-corrected chi connectivity index (χ2v) is 5.08. The first-order valence-corrected chi connectivity index (χ1v) is 5.99. The molecule has 3 nitrogen and oxygen atoms in total. The molecule has 16 heavy (non-hydrogen) atoms. The summed E-state index contributed by atoms with van der Waals surface area (Å²) in [6.07, 6.45) is 4.24. The number of nitrogens with zero attached hydrogens (tertiary/aromatic N) is 2. The largest absolute Gasteiger partial charge is 0.326 e. The molecule has 0 unspecified atom stereocenters. The number of pyridine rings is 1. The van der Waals surface area contributed by atoms with Crippen molar-refractivity contribution in [3.63, 3.8) is 0 Å². The van der Waals surface area contributed by atoms with Crippen molar-refractivity contribution >= 4 is 0 Å². The molecule has 2 N–H and O–H groups in total. The van der Waals surface area contributed by atoms with Gasteiger partial charge in [0.25, 0.3) is 0 Å². The third-order valence-corrected chi connectivity index (χ3v) is 3.77. The van der Waals surface area contributed by atoms with E-state index in [1.807, 2.05) is 12.3 Å². The van der Waals surface area contributed by atoms with Gasteiger partial charge < -0.3 is 10.6 Å². The summed E-state index contributed by atoms with van der Waals surface area (Å²) in [6.45, 7) is 5.21. The molecule has 1 aromatic heterocycles. The molecule has 0 spiro atoms. The predicted molar refractivity (Wildman–Crippen MR) is 66.2 cm³/mol. The Morgan fingerprint density at radius 1 is 1.44 bits per heavy atom. The molecule has 0 aliphatic carbocycles. The topological polar surface area (TPSA) is 42.2 Å². The molecular formula is C13H21N3. The summed E-state index contributed by atoms with van der Waals surface area (Å²) in [5.41, 5.74) is 8.42. The number of aromatic nitrogens is 1. The molecule has 88 valence electrons. The van der Waals surface area contributed by atoms with E-state index in [0.717, 1.165) is 13.1 Å². The zero-order valence-corrected chi connectivity index (χ0v) is 10.2.